The minimum atomic E-state index is -0.561. The van der Waals surface area contributed by atoms with Crippen LogP contribution < -0.4 is 15.4 Å². The van der Waals surface area contributed by atoms with Crippen LogP contribution in [-0.4, -0.2) is 18.2 Å². The zero-order valence-electron chi connectivity index (χ0n) is 13.7. The number of methoxy groups -OCH3 is 1. The molecule has 0 aromatic heterocycles. The standard InChI is InChI=1S/C18H21FN2O3/c1-12(17-15(19)8-5-9-16(17)24-2)21-18(23)20-10-13-6-3-4-7-14(13)11-22/h3-9,12,22H,10-11H2,1-2H3,(H2,20,21,23). The van der Waals surface area contributed by atoms with Crippen LogP contribution in [0.5, 0.6) is 5.75 Å². The van der Waals surface area contributed by atoms with Gasteiger partial charge in [0.2, 0.25) is 0 Å². The molecular formula is C18H21FN2O3. The molecule has 1 atom stereocenters. The third-order valence-corrected chi connectivity index (χ3v) is 3.74. The molecule has 0 fully saturated rings. The van der Waals surface area contributed by atoms with Crippen molar-refractivity contribution in [2.24, 2.45) is 0 Å². The van der Waals surface area contributed by atoms with Crippen LogP contribution in [0.25, 0.3) is 0 Å². The van der Waals surface area contributed by atoms with E-state index in [4.69, 9.17) is 4.74 Å². The number of benzene rings is 2. The van der Waals surface area contributed by atoms with Crippen molar-refractivity contribution in [1.82, 2.24) is 10.6 Å². The number of hydrogen-bond acceptors (Lipinski definition) is 3. The lowest BCUT2D eigenvalue weighted by Gasteiger charge is -2.18. The molecule has 2 rings (SSSR count). The van der Waals surface area contributed by atoms with Gasteiger partial charge in [-0.2, -0.15) is 0 Å². The lowest BCUT2D eigenvalue weighted by molar-refractivity contribution is 0.236. The first kappa shape index (κ1) is 17.7. The molecule has 2 amide bonds. The fourth-order valence-electron chi connectivity index (χ4n) is 2.50. The summed E-state index contributed by atoms with van der Waals surface area (Å²) in [6.45, 7) is 1.86. The second kappa shape index (κ2) is 8.31. The predicted octanol–water partition coefficient (Wildman–Crippen LogP) is 2.89. The molecule has 0 saturated heterocycles. The van der Waals surface area contributed by atoms with Gasteiger partial charge in [0, 0.05) is 6.54 Å². The third-order valence-electron chi connectivity index (χ3n) is 3.74. The molecule has 0 aliphatic rings. The molecule has 128 valence electrons. The van der Waals surface area contributed by atoms with Crippen molar-refractivity contribution in [3.8, 4) is 5.75 Å². The number of amides is 2. The van der Waals surface area contributed by atoms with E-state index in [2.05, 4.69) is 10.6 Å². The van der Waals surface area contributed by atoms with Crippen molar-refractivity contribution in [2.45, 2.75) is 26.1 Å². The second-order valence-electron chi connectivity index (χ2n) is 5.33. The third kappa shape index (κ3) is 4.23. The molecule has 5 nitrogen and oxygen atoms in total. The first-order valence-corrected chi connectivity index (χ1v) is 7.61. The van der Waals surface area contributed by atoms with Gasteiger partial charge in [0.25, 0.3) is 0 Å². The van der Waals surface area contributed by atoms with Crippen LogP contribution in [0.15, 0.2) is 42.5 Å². The van der Waals surface area contributed by atoms with Crippen LogP contribution in [0.3, 0.4) is 0 Å². The summed E-state index contributed by atoms with van der Waals surface area (Å²) >= 11 is 0. The van der Waals surface area contributed by atoms with Crippen LogP contribution in [-0.2, 0) is 13.2 Å². The lowest BCUT2D eigenvalue weighted by atomic mass is 10.1. The minimum Gasteiger partial charge on any atom is -0.496 e. The predicted molar refractivity (Wildman–Crippen MR) is 89.1 cm³/mol. The molecule has 6 heteroatoms. The highest BCUT2D eigenvalue weighted by Gasteiger charge is 2.18. The Kier molecular flexibility index (Phi) is 6.14. The molecule has 24 heavy (non-hydrogen) atoms. The van der Waals surface area contributed by atoms with Gasteiger partial charge in [-0.25, -0.2) is 9.18 Å². The smallest absolute Gasteiger partial charge is 0.315 e. The quantitative estimate of drug-likeness (QED) is 0.762. The molecule has 0 aliphatic carbocycles. The van der Waals surface area contributed by atoms with E-state index >= 15 is 0 Å². The summed E-state index contributed by atoms with van der Waals surface area (Å²) in [5.41, 5.74) is 1.87. The summed E-state index contributed by atoms with van der Waals surface area (Å²) in [4.78, 5) is 12.1. The molecule has 0 saturated carbocycles. The van der Waals surface area contributed by atoms with Crippen molar-refractivity contribution in [3.05, 3.63) is 65.0 Å². The van der Waals surface area contributed by atoms with Crippen molar-refractivity contribution < 1.29 is 19.0 Å². The maximum absolute atomic E-state index is 14.0. The summed E-state index contributed by atoms with van der Waals surface area (Å²) in [5.74, 6) is -0.0544. The van der Waals surface area contributed by atoms with Gasteiger partial charge >= 0.3 is 6.03 Å². The average molecular weight is 332 g/mol. The molecule has 0 aliphatic heterocycles. The van der Waals surface area contributed by atoms with Crippen LogP contribution >= 0.6 is 0 Å². The van der Waals surface area contributed by atoms with Gasteiger partial charge in [-0.3, -0.25) is 0 Å². The number of aliphatic hydroxyl groups excluding tert-OH is 1. The average Bonchev–Trinajstić information content (AvgIpc) is 2.59. The Labute approximate surface area is 140 Å². The summed E-state index contributed by atoms with van der Waals surface area (Å²) in [7, 11) is 1.46. The summed E-state index contributed by atoms with van der Waals surface area (Å²) < 4.78 is 19.2. The van der Waals surface area contributed by atoms with Gasteiger partial charge in [-0.05, 0) is 30.2 Å². The van der Waals surface area contributed by atoms with E-state index in [0.29, 0.717) is 11.3 Å². The Hall–Kier alpha value is -2.60. The largest absolute Gasteiger partial charge is 0.496 e. The van der Waals surface area contributed by atoms with Crippen molar-refractivity contribution in [2.75, 3.05) is 7.11 Å². The van der Waals surface area contributed by atoms with Gasteiger partial charge in [-0.15, -0.1) is 0 Å². The Morgan fingerprint density at radius 1 is 1.21 bits per heavy atom. The molecule has 0 bridgehead atoms. The molecule has 0 spiro atoms. The van der Waals surface area contributed by atoms with Gasteiger partial charge in [-0.1, -0.05) is 30.3 Å². The van der Waals surface area contributed by atoms with E-state index < -0.39 is 17.9 Å². The Bertz CT molecular complexity index is 706. The Morgan fingerprint density at radius 3 is 2.58 bits per heavy atom. The molecular weight excluding hydrogens is 311 g/mol. The van der Waals surface area contributed by atoms with Gasteiger partial charge < -0.3 is 20.5 Å². The van der Waals surface area contributed by atoms with Gasteiger partial charge in [0.1, 0.15) is 11.6 Å². The molecule has 2 aromatic rings. The van der Waals surface area contributed by atoms with E-state index in [1.807, 2.05) is 18.2 Å². The summed E-state index contributed by atoms with van der Waals surface area (Å²) in [5, 5.41) is 14.7. The van der Waals surface area contributed by atoms with Crippen molar-refractivity contribution in [1.29, 1.82) is 0 Å². The summed E-state index contributed by atoms with van der Waals surface area (Å²) in [6, 6.07) is 10.8. The molecule has 0 heterocycles. The van der Waals surface area contributed by atoms with E-state index in [1.165, 1.54) is 13.2 Å². The highest BCUT2D eigenvalue weighted by molar-refractivity contribution is 5.74. The van der Waals surface area contributed by atoms with Gasteiger partial charge in [0.05, 0.1) is 25.3 Å². The van der Waals surface area contributed by atoms with Gasteiger partial charge in [0.15, 0.2) is 0 Å². The fourth-order valence-corrected chi connectivity index (χ4v) is 2.50. The minimum absolute atomic E-state index is 0.0949. The number of aliphatic hydroxyl groups is 1. The molecule has 1 unspecified atom stereocenters. The number of nitrogens with one attached hydrogen (secondary N) is 2. The number of carbonyl (C=O) groups is 1. The Balaban J connectivity index is 2.00. The summed E-state index contributed by atoms with van der Waals surface area (Å²) in [6.07, 6.45) is 0. The van der Waals surface area contributed by atoms with Crippen molar-refractivity contribution >= 4 is 6.03 Å². The number of rotatable bonds is 6. The topological polar surface area (TPSA) is 70.6 Å². The SMILES string of the molecule is COc1cccc(F)c1C(C)NC(=O)NCc1ccccc1CO. The van der Waals surface area contributed by atoms with Crippen LogP contribution in [0.1, 0.15) is 29.7 Å². The number of urea groups is 1. The first-order chi connectivity index (χ1) is 11.6. The highest BCUT2D eigenvalue weighted by Crippen LogP contribution is 2.27. The number of ether oxygens (including phenoxy) is 1. The lowest BCUT2D eigenvalue weighted by Crippen LogP contribution is -2.37. The maximum atomic E-state index is 14.0. The Morgan fingerprint density at radius 2 is 1.92 bits per heavy atom. The van der Waals surface area contributed by atoms with E-state index in [0.717, 1.165) is 11.1 Å². The number of carbonyl (C=O) groups excluding carboxylic acids is 1. The van der Waals surface area contributed by atoms with E-state index in [-0.39, 0.29) is 13.2 Å². The molecule has 3 N–H and O–H groups in total. The monoisotopic (exact) mass is 332 g/mol. The van der Waals surface area contributed by atoms with E-state index in [1.54, 1.807) is 25.1 Å². The highest BCUT2D eigenvalue weighted by atomic mass is 19.1. The first-order valence-electron chi connectivity index (χ1n) is 7.61. The fraction of sp³-hybridized carbons (Fsp3) is 0.278. The van der Waals surface area contributed by atoms with E-state index in [9.17, 15) is 14.3 Å². The van der Waals surface area contributed by atoms with Crippen LogP contribution in [0, 0.1) is 5.82 Å². The van der Waals surface area contributed by atoms with Crippen molar-refractivity contribution in [3.63, 3.8) is 0 Å². The number of hydrogen-bond donors (Lipinski definition) is 3. The maximum Gasteiger partial charge on any atom is 0.315 e. The zero-order valence-corrected chi connectivity index (χ0v) is 13.7. The zero-order chi connectivity index (χ0) is 17.5. The number of halogens is 1. The second-order valence-corrected chi connectivity index (χ2v) is 5.33. The van der Waals surface area contributed by atoms with Crippen LogP contribution in [0.4, 0.5) is 9.18 Å². The molecule has 0 radical (unpaired) electrons. The van der Waals surface area contributed by atoms with Crippen LogP contribution in [0.2, 0.25) is 0 Å². The molecule has 2 aromatic carbocycles. The normalized spacial score (nSPS) is 11.7.